The minimum Gasteiger partial charge on any atom is -0.324 e. The maximum atomic E-state index is 12.0. The van der Waals surface area contributed by atoms with Gasteiger partial charge in [0, 0.05) is 5.02 Å². The number of benzene rings is 2. The van der Waals surface area contributed by atoms with E-state index >= 15 is 0 Å². The van der Waals surface area contributed by atoms with Gasteiger partial charge in [0.05, 0.1) is 22.2 Å². The molecule has 0 atom stereocenters. The van der Waals surface area contributed by atoms with Gasteiger partial charge in [-0.3, -0.25) is 4.79 Å². The van der Waals surface area contributed by atoms with Crippen LogP contribution in [0.15, 0.2) is 53.4 Å². The molecule has 0 saturated heterocycles. The Labute approximate surface area is 138 Å². The Morgan fingerprint density at radius 2 is 1.73 bits per heavy atom. The van der Waals surface area contributed by atoms with E-state index in [0.29, 0.717) is 10.7 Å². The molecule has 0 aliphatic heterocycles. The van der Waals surface area contributed by atoms with Crippen LogP contribution in [0.5, 0.6) is 0 Å². The van der Waals surface area contributed by atoms with Crippen LogP contribution in [0.2, 0.25) is 10.0 Å². The molecule has 2 aromatic carbocycles. The lowest BCUT2D eigenvalue weighted by Crippen LogP contribution is -2.32. The van der Waals surface area contributed by atoms with Crippen molar-refractivity contribution in [3.05, 3.63) is 58.6 Å². The first kappa shape index (κ1) is 16.8. The van der Waals surface area contributed by atoms with Crippen LogP contribution in [0.1, 0.15) is 0 Å². The third kappa shape index (κ3) is 4.45. The number of halogens is 2. The molecule has 8 heteroatoms. The zero-order valence-corrected chi connectivity index (χ0v) is 13.5. The van der Waals surface area contributed by atoms with E-state index in [0.717, 1.165) is 0 Å². The lowest BCUT2D eigenvalue weighted by Gasteiger charge is -2.09. The summed E-state index contributed by atoms with van der Waals surface area (Å²) in [5.74, 6) is -0.538. The standard InChI is InChI=1S/C14H12Cl2N2O3S/c15-10-6-7-13(12(16)8-10)18-14(19)9-17-22(20,21)11-4-2-1-3-5-11/h1-8,17H,9H2,(H,18,19). The maximum Gasteiger partial charge on any atom is 0.241 e. The minimum absolute atomic E-state index is 0.0901. The molecule has 2 aromatic rings. The van der Waals surface area contributed by atoms with E-state index in [2.05, 4.69) is 10.0 Å². The second-order valence-electron chi connectivity index (χ2n) is 4.31. The zero-order valence-electron chi connectivity index (χ0n) is 11.2. The van der Waals surface area contributed by atoms with E-state index in [9.17, 15) is 13.2 Å². The smallest absolute Gasteiger partial charge is 0.241 e. The Bertz CT molecular complexity index is 780. The highest BCUT2D eigenvalue weighted by atomic mass is 35.5. The third-order valence-electron chi connectivity index (χ3n) is 2.68. The fourth-order valence-electron chi connectivity index (χ4n) is 1.63. The van der Waals surface area contributed by atoms with Crippen molar-refractivity contribution < 1.29 is 13.2 Å². The first-order chi connectivity index (χ1) is 10.4. The van der Waals surface area contributed by atoms with Crippen molar-refractivity contribution in [1.29, 1.82) is 0 Å². The molecule has 2 rings (SSSR count). The minimum atomic E-state index is -3.73. The number of carbonyl (C=O) groups excluding carboxylic acids is 1. The molecule has 5 nitrogen and oxygen atoms in total. The summed E-state index contributed by atoms with van der Waals surface area (Å²) in [6, 6.07) is 12.4. The Kier molecular flexibility index (Phi) is 5.42. The van der Waals surface area contributed by atoms with Crippen LogP contribution in [-0.2, 0) is 14.8 Å². The molecule has 0 spiro atoms. The van der Waals surface area contributed by atoms with Crippen LogP contribution >= 0.6 is 23.2 Å². The van der Waals surface area contributed by atoms with E-state index in [4.69, 9.17) is 23.2 Å². The van der Waals surface area contributed by atoms with Crippen LogP contribution in [0.4, 0.5) is 5.69 Å². The first-order valence-corrected chi connectivity index (χ1v) is 8.42. The Hall–Kier alpha value is -1.60. The monoisotopic (exact) mass is 358 g/mol. The summed E-state index contributed by atoms with van der Waals surface area (Å²) in [6.45, 7) is -0.407. The van der Waals surface area contributed by atoms with Gasteiger partial charge in [-0.1, -0.05) is 41.4 Å². The van der Waals surface area contributed by atoms with Crippen molar-refractivity contribution in [3.63, 3.8) is 0 Å². The molecule has 0 aliphatic rings. The van der Waals surface area contributed by atoms with E-state index in [-0.39, 0.29) is 9.92 Å². The molecule has 0 aliphatic carbocycles. The maximum absolute atomic E-state index is 12.0. The molecule has 0 unspecified atom stereocenters. The topological polar surface area (TPSA) is 75.3 Å². The Morgan fingerprint density at radius 3 is 2.36 bits per heavy atom. The predicted octanol–water partition coefficient (Wildman–Crippen LogP) is 2.91. The van der Waals surface area contributed by atoms with Gasteiger partial charge in [-0.15, -0.1) is 0 Å². The Balaban J connectivity index is 1.98. The fourth-order valence-corrected chi connectivity index (χ4v) is 3.09. The fraction of sp³-hybridized carbons (Fsp3) is 0.0714. The average molecular weight is 359 g/mol. The number of hydrogen-bond donors (Lipinski definition) is 2. The molecular formula is C14H12Cl2N2O3S. The summed E-state index contributed by atoms with van der Waals surface area (Å²) in [4.78, 5) is 11.9. The van der Waals surface area contributed by atoms with E-state index < -0.39 is 22.5 Å². The molecule has 116 valence electrons. The number of nitrogens with one attached hydrogen (secondary N) is 2. The van der Waals surface area contributed by atoms with Gasteiger partial charge in [0.1, 0.15) is 0 Å². The van der Waals surface area contributed by atoms with Crippen LogP contribution in [0.3, 0.4) is 0 Å². The van der Waals surface area contributed by atoms with Crippen LogP contribution in [-0.4, -0.2) is 20.9 Å². The molecule has 0 aromatic heterocycles. The summed E-state index contributed by atoms with van der Waals surface area (Å²) < 4.78 is 26.1. The van der Waals surface area contributed by atoms with E-state index in [1.807, 2.05) is 0 Å². The Morgan fingerprint density at radius 1 is 1.05 bits per heavy atom. The number of amides is 1. The van der Waals surface area contributed by atoms with Crippen molar-refractivity contribution in [2.24, 2.45) is 0 Å². The number of sulfonamides is 1. The molecule has 22 heavy (non-hydrogen) atoms. The highest BCUT2D eigenvalue weighted by molar-refractivity contribution is 7.89. The highest BCUT2D eigenvalue weighted by Crippen LogP contribution is 2.25. The summed E-state index contributed by atoms with van der Waals surface area (Å²) in [5, 5.41) is 3.21. The van der Waals surface area contributed by atoms with Crippen LogP contribution in [0, 0.1) is 0 Å². The molecular weight excluding hydrogens is 347 g/mol. The van der Waals surface area contributed by atoms with Crippen molar-refractivity contribution in [2.75, 3.05) is 11.9 Å². The normalized spacial score (nSPS) is 11.2. The highest BCUT2D eigenvalue weighted by Gasteiger charge is 2.15. The van der Waals surface area contributed by atoms with Crippen molar-refractivity contribution in [2.45, 2.75) is 4.90 Å². The molecule has 2 N–H and O–H groups in total. The predicted molar refractivity (Wildman–Crippen MR) is 86.7 cm³/mol. The average Bonchev–Trinajstić information content (AvgIpc) is 2.49. The van der Waals surface area contributed by atoms with Gasteiger partial charge < -0.3 is 5.32 Å². The summed E-state index contributed by atoms with van der Waals surface area (Å²) >= 11 is 11.7. The molecule has 0 saturated carbocycles. The molecule has 0 heterocycles. The molecule has 0 bridgehead atoms. The number of carbonyl (C=O) groups is 1. The summed E-state index contributed by atoms with van der Waals surface area (Å²) in [6.07, 6.45) is 0. The number of rotatable bonds is 5. The van der Waals surface area contributed by atoms with Gasteiger partial charge in [0.15, 0.2) is 0 Å². The number of anilines is 1. The lowest BCUT2D eigenvalue weighted by molar-refractivity contribution is -0.115. The van der Waals surface area contributed by atoms with Gasteiger partial charge in [-0.2, -0.15) is 0 Å². The summed E-state index contributed by atoms with van der Waals surface area (Å²) in [5.41, 5.74) is 0.356. The second-order valence-corrected chi connectivity index (χ2v) is 6.92. The van der Waals surface area contributed by atoms with Crippen LogP contribution < -0.4 is 10.0 Å². The van der Waals surface area contributed by atoms with Crippen molar-refractivity contribution in [3.8, 4) is 0 Å². The van der Waals surface area contributed by atoms with Gasteiger partial charge in [-0.25, -0.2) is 13.1 Å². The zero-order chi connectivity index (χ0) is 16.2. The SMILES string of the molecule is O=C(CNS(=O)(=O)c1ccccc1)Nc1ccc(Cl)cc1Cl. The van der Waals surface area contributed by atoms with Crippen LogP contribution in [0.25, 0.3) is 0 Å². The van der Waals surface area contributed by atoms with Crippen molar-refractivity contribution >= 4 is 44.8 Å². The van der Waals surface area contributed by atoms with Gasteiger partial charge in [-0.05, 0) is 30.3 Å². The second kappa shape index (κ2) is 7.11. The first-order valence-electron chi connectivity index (χ1n) is 6.18. The lowest BCUT2D eigenvalue weighted by atomic mass is 10.3. The van der Waals surface area contributed by atoms with Gasteiger partial charge in [0.2, 0.25) is 15.9 Å². The summed E-state index contributed by atoms with van der Waals surface area (Å²) in [7, 11) is -3.73. The largest absolute Gasteiger partial charge is 0.324 e. The molecule has 1 amide bonds. The third-order valence-corrected chi connectivity index (χ3v) is 4.65. The quantitative estimate of drug-likeness (QED) is 0.862. The van der Waals surface area contributed by atoms with E-state index in [1.165, 1.54) is 24.3 Å². The van der Waals surface area contributed by atoms with Gasteiger partial charge >= 0.3 is 0 Å². The van der Waals surface area contributed by atoms with Crippen molar-refractivity contribution in [1.82, 2.24) is 4.72 Å². The number of hydrogen-bond acceptors (Lipinski definition) is 3. The molecule has 0 fully saturated rings. The van der Waals surface area contributed by atoms with Gasteiger partial charge in [0.25, 0.3) is 0 Å². The molecule has 0 radical (unpaired) electrons. The van der Waals surface area contributed by atoms with E-state index in [1.54, 1.807) is 24.3 Å².